The Balaban J connectivity index is 0.000000439. The molecule has 0 radical (unpaired) electrons. The van der Waals surface area contributed by atoms with Crippen LogP contribution in [0.15, 0.2) is 132 Å². The normalized spacial score (nSPS) is 17.3. The smallest absolute Gasteiger partial charge is 0.345 e. The number of benzene rings is 5. The van der Waals surface area contributed by atoms with E-state index in [1.165, 1.54) is 67.9 Å². The zero-order valence-corrected chi connectivity index (χ0v) is 39.8. The first-order valence-corrected chi connectivity index (χ1v) is 23.8. The first-order chi connectivity index (χ1) is 33.7. The number of amides is 2. The number of likely N-dealkylation sites (tertiary alicyclic amines) is 1. The van der Waals surface area contributed by atoms with Crippen molar-refractivity contribution in [2.45, 2.75) is 89.4 Å². The summed E-state index contributed by atoms with van der Waals surface area (Å²) in [6.45, 7) is 9.95. The molecule has 368 valence electrons. The quantitative estimate of drug-likeness (QED) is 0.0460. The fourth-order valence-corrected chi connectivity index (χ4v) is 8.71. The highest BCUT2D eigenvalue weighted by atomic mass is 16.5. The molecule has 2 fully saturated rings. The van der Waals surface area contributed by atoms with Crippen molar-refractivity contribution in [3.63, 3.8) is 0 Å². The van der Waals surface area contributed by atoms with Gasteiger partial charge in [-0.15, -0.1) is 0 Å². The average molecular weight is 954 g/mol. The van der Waals surface area contributed by atoms with Crippen LogP contribution in [-0.4, -0.2) is 92.5 Å². The molecule has 2 amide bonds. The lowest BCUT2D eigenvalue weighted by atomic mass is 9.86. The fourth-order valence-electron chi connectivity index (χ4n) is 8.71. The largest absolute Gasteiger partial charge is 0.506 e. The van der Waals surface area contributed by atoms with Gasteiger partial charge in [0.25, 0.3) is 11.8 Å². The van der Waals surface area contributed by atoms with Gasteiger partial charge >= 0.3 is 5.97 Å². The molecule has 0 bridgehead atoms. The molecule has 70 heavy (non-hydrogen) atoms. The number of aliphatic hydroxyl groups is 2. The Kier molecular flexibility index (Phi) is 17.1. The Morgan fingerprint density at radius 3 is 2.21 bits per heavy atom. The second-order valence-corrected chi connectivity index (χ2v) is 18.5. The molecule has 15 heteroatoms. The van der Waals surface area contributed by atoms with Gasteiger partial charge in [0.2, 0.25) is 11.2 Å². The number of hydrogen-bond acceptors (Lipinski definition) is 11. The van der Waals surface area contributed by atoms with Gasteiger partial charge in [-0.2, -0.15) is 0 Å². The number of aliphatic hydroxyl groups excluding tert-OH is 1. The molecule has 5 aromatic carbocycles. The average Bonchev–Trinajstić information content (AvgIpc) is 3.34. The van der Waals surface area contributed by atoms with Crippen LogP contribution in [0, 0.1) is 5.92 Å². The van der Waals surface area contributed by atoms with Crippen LogP contribution < -0.4 is 31.0 Å². The summed E-state index contributed by atoms with van der Waals surface area (Å²) in [6.07, 6.45) is 2.65. The topological polar surface area (TPSA) is 223 Å². The standard InChI is InChI=1S/C42H44N4O10.C13H19N/c1-24(2)56-36-17-25(11-12-26(36)21-43-22-35(48)32-13-15-34(47)39-33(32)14-16-37(49)46-39)40(51)45-30-19-29(20-30)44-38(50)23-55-31-10-6-9-28(18-31)42(54,41(52)53)27-7-4-3-5-8-27;1-12-7-9-14(10-8-12)11-13-5-3-2-4-6-13/h3-18,24,29-30,35,43,47-48,54H,19-23H2,1-2H3,(H,44,50)(H,45,51)(H,46,49)(H,52,53);2-6,12H,7-11H2,1H3/t29?,30?,35-,42-;/m0./s1. The lowest BCUT2D eigenvalue weighted by molar-refractivity contribution is -0.155. The van der Waals surface area contributed by atoms with Gasteiger partial charge in [-0.25, -0.2) is 4.79 Å². The van der Waals surface area contributed by atoms with Crippen LogP contribution in [0.2, 0.25) is 0 Å². The maximum atomic E-state index is 13.2. The van der Waals surface area contributed by atoms with Gasteiger partial charge in [-0.05, 0) is 112 Å². The van der Waals surface area contributed by atoms with E-state index in [2.05, 4.69) is 63.1 Å². The molecule has 1 aliphatic heterocycles. The highest BCUT2D eigenvalue weighted by molar-refractivity contribution is 5.95. The molecule has 15 nitrogen and oxygen atoms in total. The number of aromatic amines is 1. The number of carbonyl (C=O) groups excluding carboxylic acids is 2. The Hall–Kier alpha value is -7.04. The predicted molar refractivity (Wildman–Crippen MR) is 267 cm³/mol. The van der Waals surface area contributed by atoms with E-state index in [1.807, 2.05) is 13.8 Å². The molecule has 1 aromatic heterocycles. The molecule has 2 heterocycles. The summed E-state index contributed by atoms with van der Waals surface area (Å²) >= 11 is 0. The number of nitrogens with one attached hydrogen (secondary N) is 4. The van der Waals surface area contributed by atoms with Gasteiger partial charge in [-0.1, -0.05) is 91.9 Å². The van der Waals surface area contributed by atoms with Gasteiger partial charge in [0.1, 0.15) is 17.2 Å². The molecular weight excluding hydrogens is 891 g/mol. The predicted octanol–water partition coefficient (Wildman–Crippen LogP) is 6.54. The van der Waals surface area contributed by atoms with E-state index in [1.54, 1.807) is 60.7 Å². The number of ether oxygens (including phenoxy) is 2. The number of phenols is 1. The van der Waals surface area contributed by atoms with Crippen LogP contribution >= 0.6 is 0 Å². The molecule has 8 rings (SSSR count). The third-order valence-electron chi connectivity index (χ3n) is 12.7. The molecule has 2 aliphatic rings. The minimum Gasteiger partial charge on any atom is -0.506 e. The summed E-state index contributed by atoms with van der Waals surface area (Å²) in [5.41, 5.74) is 1.01. The number of nitrogens with zero attached hydrogens (tertiary/aromatic N) is 1. The van der Waals surface area contributed by atoms with Crippen molar-refractivity contribution in [1.82, 2.24) is 25.8 Å². The van der Waals surface area contributed by atoms with Crippen molar-refractivity contribution in [2.24, 2.45) is 5.92 Å². The summed E-state index contributed by atoms with van der Waals surface area (Å²) in [6, 6.07) is 35.5. The number of pyridine rings is 1. The summed E-state index contributed by atoms with van der Waals surface area (Å²) in [5.74, 6) is -0.554. The van der Waals surface area contributed by atoms with E-state index in [0.29, 0.717) is 41.6 Å². The summed E-state index contributed by atoms with van der Waals surface area (Å²) < 4.78 is 11.7. The number of aromatic nitrogens is 1. The van der Waals surface area contributed by atoms with Crippen molar-refractivity contribution >= 4 is 28.7 Å². The molecule has 0 unspecified atom stereocenters. The molecule has 2 atom stereocenters. The van der Waals surface area contributed by atoms with Gasteiger partial charge in [-0.3, -0.25) is 19.3 Å². The molecule has 1 aliphatic carbocycles. The van der Waals surface area contributed by atoms with Crippen molar-refractivity contribution < 1.29 is 44.3 Å². The van der Waals surface area contributed by atoms with Crippen molar-refractivity contribution in [1.29, 1.82) is 0 Å². The Labute approximate surface area is 407 Å². The van der Waals surface area contributed by atoms with Crippen LogP contribution in [0.4, 0.5) is 0 Å². The SMILES string of the molecule is CC(C)Oc1cc(C(=O)NC2CC(NC(=O)COc3cccc([C@](O)(C(=O)O)c4ccccc4)c3)C2)ccc1CNC[C@H](O)c1ccc(O)c2[nH]c(=O)ccc12.CC1CCN(Cc2ccccc2)CC1. The molecule has 1 saturated carbocycles. The van der Waals surface area contributed by atoms with E-state index in [-0.39, 0.29) is 76.9 Å². The van der Waals surface area contributed by atoms with E-state index < -0.39 is 17.7 Å². The number of carbonyl (C=O) groups is 3. The van der Waals surface area contributed by atoms with Crippen molar-refractivity contribution in [3.8, 4) is 17.2 Å². The van der Waals surface area contributed by atoms with E-state index in [0.717, 1.165) is 18.0 Å². The lowest BCUT2D eigenvalue weighted by Gasteiger charge is -2.36. The van der Waals surface area contributed by atoms with Crippen LogP contribution in [0.5, 0.6) is 17.2 Å². The maximum Gasteiger partial charge on any atom is 0.345 e. The second kappa shape index (κ2) is 23.5. The van der Waals surface area contributed by atoms with Crippen LogP contribution in [-0.2, 0) is 28.3 Å². The third-order valence-corrected chi connectivity index (χ3v) is 12.7. The lowest BCUT2D eigenvalue weighted by Crippen LogP contribution is -2.54. The van der Waals surface area contributed by atoms with E-state index >= 15 is 0 Å². The summed E-state index contributed by atoms with van der Waals surface area (Å²) in [7, 11) is 0. The third kappa shape index (κ3) is 13.2. The van der Waals surface area contributed by atoms with Gasteiger partial charge < -0.3 is 50.8 Å². The van der Waals surface area contributed by atoms with Crippen molar-refractivity contribution in [3.05, 3.63) is 171 Å². The number of aliphatic carboxylic acids is 1. The van der Waals surface area contributed by atoms with Crippen LogP contribution in [0.3, 0.4) is 0 Å². The molecule has 0 spiro atoms. The number of carboxylic acid groups (broad SMARTS) is 1. The minimum absolute atomic E-state index is 0.0812. The number of H-pyrrole nitrogens is 1. The van der Waals surface area contributed by atoms with Gasteiger partial charge in [0, 0.05) is 59.9 Å². The Morgan fingerprint density at radius 1 is 0.829 bits per heavy atom. The Morgan fingerprint density at radius 2 is 1.51 bits per heavy atom. The summed E-state index contributed by atoms with van der Waals surface area (Å²) in [5, 5.41) is 51.8. The zero-order valence-electron chi connectivity index (χ0n) is 39.8. The van der Waals surface area contributed by atoms with Gasteiger partial charge in [0.05, 0.1) is 17.7 Å². The number of piperidine rings is 1. The minimum atomic E-state index is -2.31. The Bertz CT molecular complexity index is 2770. The molecule has 1 saturated heterocycles. The first kappa shape index (κ1) is 50.8. The number of fused-ring (bicyclic) bond motifs is 1. The monoisotopic (exact) mass is 953 g/mol. The van der Waals surface area contributed by atoms with E-state index in [9.17, 15) is 39.6 Å². The highest BCUT2D eigenvalue weighted by Crippen LogP contribution is 2.33. The van der Waals surface area contributed by atoms with Gasteiger partial charge in [0.15, 0.2) is 6.61 Å². The van der Waals surface area contributed by atoms with Crippen LogP contribution in [0.1, 0.15) is 90.7 Å². The van der Waals surface area contributed by atoms with Crippen molar-refractivity contribution in [2.75, 3.05) is 26.2 Å². The highest BCUT2D eigenvalue weighted by Gasteiger charge is 2.40. The zero-order chi connectivity index (χ0) is 49.8. The number of rotatable bonds is 18. The van der Waals surface area contributed by atoms with E-state index in [4.69, 9.17) is 9.47 Å². The number of carboxylic acids is 1. The number of aromatic hydroxyl groups is 1. The second-order valence-electron chi connectivity index (χ2n) is 18.5. The van der Waals surface area contributed by atoms with Crippen LogP contribution in [0.25, 0.3) is 10.9 Å². The molecule has 6 aromatic rings. The number of hydrogen-bond donors (Lipinski definition) is 8. The fraction of sp³-hybridized carbons (Fsp3) is 0.345. The summed E-state index contributed by atoms with van der Waals surface area (Å²) in [4.78, 5) is 54.9. The molecular formula is C55H63N5O10. The molecule has 8 N–H and O–H groups in total. The maximum absolute atomic E-state index is 13.2. The number of phenolic OH excluding ortho intramolecular Hbond substituents is 1. The first-order valence-electron chi connectivity index (χ1n) is 23.8.